The van der Waals surface area contributed by atoms with Crippen LogP contribution in [0.3, 0.4) is 0 Å². The van der Waals surface area contributed by atoms with Crippen LogP contribution < -0.4 is 0 Å². The molecule has 5 heteroatoms. The molecule has 1 aromatic carbocycles. The smallest absolute Gasteiger partial charge is 0.306 e. The Morgan fingerprint density at radius 2 is 2.10 bits per heavy atom. The van der Waals surface area contributed by atoms with Crippen molar-refractivity contribution in [2.45, 2.75) is 25.9 Å². The Kier molecular flexibility index (Phi) is 4.74. The van der Waals surface area contributed by atoms with Gasteiger partial charge >= 0.3 is 11.9 Å². The van der Waals surface area contributed by atoms with Crippen LogP contribution in [-0.4, -0.2) is 30.3 Å². The number of carbonyl (C=O) groups is 2. The van der Waals surface area contributed by atoms with Crippen LogP contribution in [-0.2, 0) is 25.7 Å². The van der Waals surface area contributed by atoms with Gasteiger partial charge in [-0.1, -0.05) is 30.3 Å². The van der Waals surface area contributed by atoms with Gasteiger partial charge in [0.2, 0.25) is 0 Å². The first kappa shape index (κ1) is 14.5. The van der Waals surface area contributed by atoms with Crippen LogP contribution in [0, 0.1) is 5.41 Å². The van der Waals surface area contributed by atoms with Crippen LogP contribution in [0.25, 0.3) is 0 Å². The van der Waals surface area contributed by atoms with E-state index >= 15 is 0 Å². The van der Waals surface area contributed by atoms with Crippen molar-refractivity contribution in [1.29, 1.82) is 0 Å². The molecule has 1 N–H and O–H groups in total. The van der Waals surface area contributed by atoms with Gasteiger partial charge in [-0.2, -0.15) is 0 Å². The molecule has 0 radical (unpaired) electrons. The zero-order chi connectivity index (χ0) is 14.4. The fourth-order valence-corrected chi connectivity index (χ4v) is 2.38. The summed E-state index contributed by atoms with van der Waals surface area (Å²) in [5, 5.41) is 8.95. The number of ether oxygens (including phenoxy) is 2. The molecule has 0 aromatic heterocycles. The number of aliphatic carboxylic acids is 1. The lowest BCUT2D eigenvalue weighted by atomic mass is 9.80. The molecule has 0 aliphatic carbocycles. The summed E-state index contributed by atoms with van der Waals surface area (Å²) in [6, 6.07) is 9.75. The highest BCUT2D eigenvalue weighted by Gasteiger charge is 2.41. The van der Waals surface area contributed by atoms with E-state index in [4.69, 9.17) is 14.6 Å². The van der Waals surface area contributed by atoms with Crippen molar-refractivity contribution in [3.8, 4) is 0 Å². The second-order valence-corrected chi connectivity index (χ2v) is 5.20. The van der Waals surface area contributed by atoms with E-state index in [9.17, 15) is 9.59 Å². The van der Waals surface area contributed by atoms with Crippen molar-refractivity contribution in [1.82, 2.24) is 0 Å². The molecule has 1 aromatic rings. The average Bonchev–Trinajstić information content (AvgIpc) is 2.77. The van der Waals surface area contributed by atoms with Crippen molar-refractivity contribution in [2.24, 2.45) is 5.41 Å². The van der Waals surface area contributed by atoms with E-state index in [0.717, 1.165) is 5.56 Å². The second-order valence-electron chi connectivity index (χ2n) is 5.20. The van der Waals surface area contributed by atoms with E-state index in [1.54, 1.807) is 0 Å². The van der Waals surface area contributed by atoms with Crippen LogP contribution in [0.5, 0.6) is 0 Å². The molecule has 108 valence electrons. The fourth-order valence-electron chi connectivity index (χ4n) is 2.38. The quantitative estimate of drug-likeness (QED) is 0.610. The van der Waals surface area contributed by atoms with Gasteiger partial charge in [0, 0.05) is 12.0 Å². The maximum atomic E-state index is 11.2. The number of carboxylic acids is 1. The number of hydrogen-bond donors (Lipinski definition) is 1. The van der Waals surface area contributed by atoms with Crippen molar-refractivity contribution in [3.63, 3.8) is 0 Å². The third kappa shape index (κ3) is 4.06. The third-order valence-electron chi connectivity index (χ3n) is 3.47. The lowest BCUT2D eigenvalue weighted by Gasteiger charge is -2.23. The number of hydrogen-bond acceptors (Lipinski definition) is 4. The molecule has 0 bridgehead atoms. The first-order valence-electron chi connectivity index (χ1n) is 6.59. The average molecular weight is 278 g/mol. The van der Waals surface area contributed by atoms with E-state index in [-0.39, 0.29) is 25.4 Å². The zero-order valence-electron chi connectivity index (χ0n) is 11.2. The maximum Gasteiger partial charge on any atom is 0.306 e. The number of esters is 1. The van der Waals surface area contributed by atoms with Crippen molar-refractivity contribution in [3.05, 3.63) is 35.9 Å². The molecule has 0 saturated carbocycles. The monoisotopic (exact) mass is 278 g/mol. The van der Waals surface area contributed by atoms with Crippen molar-refractivity contribution < 1.29 is 24.2 Å². The summed E-state index contributed by atoms with van der Waals surface area (Å²) < 4.78 is 10.5. The predicted octanol–water partition coefficient (Wildman–Crippen LogP) is 2.00. The van der Waals surface area contributed by atoms with Gasteiger partial charge in [-0.15, -0.1) is 0 Å². The number of rotatable bonds is 7. The molecule has 0 unspecified atom stereocenters. The Morgan fingerprint density at radius 3 is 2.70 bits per heavy atom. The van der Waals surface area contributed by atoms with Crippen LogP contribution in [0.2, 0.25) is 0 Å². The standard InChI is InChI=1S/C15H18O5/c16-13(17)8-15(9-14(18)20-11-15)6-7-19-10-12-4-2-1-3-5-12/h1-5H,6-11H2,(H,16,17)/t15-/m0/s1. The molecule has 1 fully saturated rings. The minimum atomic E-state index is -0.911. The molecule has 1 aliphatic rings. The van der Waals surface area contributed by atoms with Gasteiger partial charge in [0.25, 0.3) is 0 Å². The van der Waals surface area contributed by atoms with Gasteiger partial charge in [0.15, 0.2) is 0 Å². The minimum absolute atomic E-state index is 0.0621. The van der Waals surface area contributed by atoms with Gasteiger partial charge in [0.05, 0.1) is 26.1 Å². The van der Waals surface area contributed by atoms with E-state index in [0.29, 0.717) is 19.6 Å². The Labute approximate surface area is 117 Å². The lowest BCUT2D eigenvalue weighted by Crippen LogP contribution is -2.26. The molecule has 1 aliphatic heterocycles. The fraction of sp³-hybridized carbons (Fsp3) is 0.467. The van der Waals surface area contributed by atoms with Crippen molar-refractivity contribution >= 4 is 11.9 Å². The summed E-state index contributed by atoms with van der Waals surface area (Å²) in [4.78, 5) is 22.2. The first-order valence-corrected chi connectivity index (χ1v) is 6.59. The Morgan fingerprint density at radius 1 is 1.35 bits per heavy atom. The topological polar surface area (TPSA) is 72.8 Å². The predicted molar refractivity (Wildman–Crippen MR) is 71.0 cm³/mol. The van der Waals surface area contributed by atoms with E-state index in [2.05, 4.69) is 0 Å². The SMILES string of the molecule is O=C(O)C[C@]1(CCOCc2ccccc2)COC(=O)C1. The highest BCUT2D eigenvalue weighted by atomic mass is 16.5. The molecular formula is C15H18O5. The summed E-state index contributed by atoms with van der Waals surface area (Å²) in [6.07, 6.45) is 0.610. The van der Waals surface area contributed by atoms with Gasteiger partial charge in [-0.3, -0.25) is 9.59 Å². The molecule has 1 saturated heterocycles. The minimum Gasteiger partial charge on any atom is -0.481 e. The summed E-state index contributed by atoms with van der Waals surface area (Å²) in [6.45, 7) is 1.07. The summed E-state index contributed by atoms with van der Waals surface area (Å²) >= 11 is 0. The normalized spacial score (nSPS) is 21.7. The molecule has 1 atom stereocenters. The summed E-state index contributed by atoms with van der Waals surface area (Å²) in [5.74, 6) is -1.24. The highest BCUT2D eigenvalue weighted by molar-refractivity contribution is 5.75. The van der Waals surface area contributed by atoms with E-state index in [1.165, 1.54) is 0 Å². The van der Waals surface area contributed by atoms with Gasteiger partial charge in [0.1, 0.15) is 0 Å². The molecule has 20 heavy (non-hydrogen) atoms. The van der Waals surface area contributed by atoms with E-state index in [1.807, 2.05) is 30.3 Å². The number of carboxylic acid groups (broad SMARTS) is 1. The van der Waals surface area contributed by atoms with Crippen LogP contribution in [0.15, 0.2) is 30.3 Å². The van der Waals surface area contributed by atoms with Gasteiger partial charge in [-0.25, -0.2) is 0 Å². The Bertz CT molecular complexity index is 470. The lowest BCUT2D eigenvalue weighted by molar-refractivity contribution is -0.140. The third-order valence-corrected chi connectivity index (χ3v) is 3.47. The number of cyclic esters (lactones) is 1. The van der Waals surface area contributed by atoms with Crippen molar-refractivity contribution in [2.75, 3.05) is 13.2 Å². The largest absolute Gasteiger partial charge is 0.481 e. The molecule has 5 nitrogen and oxygen atoms in total. The number of benzene rings is 1. The van der Waals surface area contributed by atoms with Crippen LogP contribution >= 0.6 is 0 Å². The number of carbonyl (C=O) groups excluding carboxylic acids is 1. The maximum absolute atomic E-state index is 11.2. The summed E-state index contributed by atoms with van der Waals surface area (Å²) in [7, 11) is 0. The van der Waals surface area contributed by atoms with Crippen LogP contribution in [0.1, 0.15) is 24.8 Å². The summed E-state index contributed by atoms with van der Waals surface area (Å²) in [5.41, 5.74) is 0.457. The van der Waals surface area contributed by atoms with Crippen LogP contribution in [0.4, 0.5) is 0 Å². The zero-order valence-corrected chi connectivity index (χ0v) is 11.2. The molecule has 2 rings (SSSR count). The molecule has 0 spiro atoms. The van der Waals surface area contributed by atoms with E-state index < -0.39 is 11.4 Å². The Hall–Kier alpha value is -1.88. The molecular weight excluding hydrogens is 260 g/mol. The second kappa shape index (κ2) is 6.52. The van der Waals surface area contributed by atoms with Gasteiger partial charge in [-0.05, 0) is 12.0 Å². The highest BCUT2D eigenvalue weighted by Crippen LogP contribution is 2.36. The van der Waals surface area contributed by atoms with Gasteiger partial charge < -0.3 is 14.6 Å². The first-order chi connectivity index (χ1) is 9.60. The molecule has 1 heterocycles. The molecule has 0 amide bonds. The Balaban J connectivity index is 1.81.